The fourth-order valence-electron chi connectivity index (χ4n) is 6.17. The number of fused-ring (bicyclic) bond motifs is 3. The number of benzene rings is 1. The lowest BCUT2D eigenvalue weighted by Gasteiger charge is -2.43. The van der Waals surface area contributed by atoms with Crippen LogP contribution in [0.3, 0.4) is 0 Å². The summed E-state index contributed by atoms with van der Waals surface area (Å²) in [4.78, 5) is 31.6. The average molecular weight is 486 g/mol. The van der Waals surface area contributed by atoms with Crippen molar-refractivity contribution in [1.82, 2.24) is 9.88 Å². The molecule has 1 aromatic heterocycles. The Morgan fingerprint density at radius 1 is 1.17 bits per heavy atom. The van der Waals surface area contributed by atoms with E-state index in [9.17, 15) is 19.7 Å². The first-order valence-electron chi connectivity index (χ1n) is 12.7. The van der Waals surface area contributed by atoms with Crippen molar-refractivity contribution in [3.05, 3.63) is 71.1 Å². The molecule has 1 aliphatic carbocycles. The Balaban J connectivity index is 1.47. The molecule has 0 unspecified atom stereocenters. The van der Waals surface area contributed by atoms with Crippen molar-refractivity contribution in [2.75, 3.05) is 7.05 Å². The molecule has 7 nitrogen and oxygen atoms in total. The Kier molecular flexibility index (Phi) is 6.82. The number of hydrogen-bond acceptors (Lipinski definition) is 6. The molecule has 2 amide bonds. The number of hydrogen-bond donors (Lipinski definition) is 2. The van der Waals surface area contributed by atoms with E-state index in [0.717, 1.165) is 23.3 Å². The first-order valence-corrected chi connectivity index (χ1v) is 12.7. The van der Waals surface area contributed by atoms with Gasteiger partial charge < -0.3 is 14.8 Å². The number of phenolic OH excluding ortho intramolecular Hbond substituents is 1. The van der Waals surface area contributed by atoms with E-state index in [1.165, 1.54) is 10.5 Å². The molecular weight excluding hydrogens is 455 g/mol. The molecule has 0 spiro atoms. The number of carbonyl (C=O) groups is 2. The van der Waals surface area contributed by atoms with E-state index in [1.807, 2.05) is 36.4 Å². The molecule has 186 valence electrons. The zero-order chi connectivity index (χ0) is 25.4. The maximum Gasteiger partial charge on any atom is 0.455 e. The van der Waals surface area contributed by atoms with Gasteiger partial charge in [0.05, 0.1) is 23.6 Å². The third-order valence-corrected chi connectivity index (χ3v) is 7.89. The minimum absolute atomic E-state index is 0.115. The summed E-state index contributed by atoms with van der Waals surface area (Å²) in [5.41, 5.74) is 4.70. The molecule has 3 heterocycles. The Hall–Kier alpha value is -3.23. The summed E-state index contributed by atoms with van der Waals surface area (Å²) in [6, 6.07) is 12.9. The highest BCUT2D eigenvalue weighted by Crippen LogP contribution is 2.51. The molecule has 2 fully saturated rings. The lowest BCUT2D eigenvalue weighted by atomic mass is 9.58. The van der Waals surface area contributed by atoms with Gasteiger partial charge in [-0.25, -0.2) is 0 Å². The van der Waals surface area contributed by atoms with Gasteiger partial charge in [0, 0.05) is 18.8 Å². The second kappa shape index (κ2) is 10.0. The highest BCUT2D eigenvalue weighted by Gasteiger charge is 2.56. The highest BCUT2D eigenvalue weighted by atomic mass is 16.5. The zero-order valence-electron chi connectivity index (χ0n) is 20.6. The number of pyridine rings is 1. The van der Waals surface area contributed by atoms with Gasteiger partial charge in [0.2, 0.25) is 11.8 Å². The van der Waals surface area contributed by atoms with Crippen LogP contribution in [0.15, 0.2) is 59.8 Å². The predicted octanol–water partition coefficient (Wildman–Crippen LogP) is 3.94. The van der Waals surface area contributed by atoms with E-state index in [1.54, 1.807) is 25.4 Å². The van der Waals surface area contributed by atoms with Crippen LogP contribution in [0.1, 0.15) is 43.9 Å². The smallest absolute Gasteiger partial charge is 0.455 e. The standard InChI is InChI=1S/C28H31BN2O5/c1-3-17-15-20-26(28(34)31(2)27(20)33)21-16-29(35)36-24(25(17)21)12-11-18(22-9-6-7-13-30-22)14-19-8-4-5-10-23(19)32/h4-10,13-14,20-21,24,26,32,35H,3,11-12,15-16H2,1-2H3/b18-14-/t20-,21+,24-,26-/m1/s1. The number of aromatic nitrogens is 1. The summed E-state index contributed by atoms with van der Waals surface area (Å²) in [6.07, 6.45) is 6.16. The zero-order valence-corrected chi connectivity index (χ0v) is 20.6. The normalized spacial score (nSPS) is 26.4. The molecule has 5 rings (SSSR count). The van der Waals surface area contributed by atoms with Crippen molar-refractivity contribution in [3.63, 3.8) is 0 Å². The molecule has 0 radical (unpaired) electrons. The third kappa shape index (κ3) is 4.40. The van der Waals surface area contributed by atoms with Crippen molar-refractivity contribution in [2.24, 2.45) is 17.8 Å². The van der Waals surface area contributed by atoms with Crippen molar-refractivity contribution < 1.29 is 24.4 Å². The van der Waals surface area contributed by atoms with Crippen molar-refractivity contribution in [3.8, 4) is 5.75 Å². The van der Waals surface area contributed by atoms with Crippen molar-refractivity contribution >= 4 is 30.6 Å². The number of nitrogens with zero attached hydrogens (tertiary/aromatic N) is 2. The molecule has 2 saturated heterocycles. The van der Waals surface area contributed by atoms with Crippen molar-refractivity contribution in [1.29, 1.82) is 0 Å². The molecule has 1 aromatic carbocycles. The highest BCUT2D eigenvalue weighted by molar-refractivity contribution is 6.43. The molecule has 4 atom stereocenters. The number of para-hydroxylation sites is 1. The van der Waals surface area contributed by atoms with Gasteiger partial charge in [-0.05, 0) is 73.3 Å². The maximum atomic E-state index is 13.0. The minimum atomic E-state index is -0.991. The Bertz CT molecular complexity index is 1230. The van der Waals surface area contributed by atoms with Gasteiger partial charge in [-0.15, -0.1) is 0 Å². The quantitative estimate of drug-likeness (QED) is 0.365. The van der Waals surface area contributed by atoms with Crippen LogP contribution in [-0.4, -0.2) is 52.1 Å². The summed E-state index contributed by atoms with van der Waals surface area (Å²) >= 11 is 0. The van der Waals surface area contributed by atoms with Gasteiger partial charge in [-0.3, -0.25) is 19.5 Å². The molecule has 0 bridgehead atoms. The third-order valence-electron chi connectivity index (χ3n) is 7.89. The minimum Gasteiger partial charge on any atom is -0.507 e. The second-order valence-corrected chi connectivity index (χ2v) is 9.89. The van der Waals surface area contributed by atoms with E-state index < -0.39 is 13.0 Å². The number of aromatic hydroxyl groups is 1. The molecular formula is C28H31BN2O5. The van der Waals surface area contributed by atoms with E-state index in [-0.39, 0.29) is 35.5 Å². The number of imide groups is 1. The van der Waals surface area contributed by atoms with Crippen LogP contribution >= 0.6 is 0 Å². The molecule has 36 heavy (non-hydrogen) atoms. The van der Waals surface area contributed by atoms with Crippen LogP contribution < -0.4 is 0 Å². The van der Waals surface area contributed by atoms with E-state index in [0.29, 0.717) is 31.1 Å². The summed E-state index contributed by atoms with van der Waals surface area (Å²) in [5.74, 6) is -1.05. The summed E-state index contributed by atoms with van der Waals surface area (Å²) in [7, 11) is 0.569. The van der Waals surface area contributed by atoms with Gasteiger partial charge in [-0.2, -0.15) is 0 Å². The first-order chi connectivity index (χ1) is 17.4. The maximum absolute atomic E-state index is 13.0. The number of likely N-dealkylation sites (tertiary alicyclic amines) is 1. The largest absolute Gasteiger partial charge is 0.507 e. The molecule has 2 N–H and O–H groups in total. The molecule has 0 saturated carbocycles. The number of phenols is 1. The van der Waals surface area contributed by atoms with Gasteiger partial charge >= 0.3 is 7.12 Å². The van der Waals surface area contributed by atoms with Crippen LogP contribution in [0.25, 0.3) is 11.6 Å². The van der Waals surface area contributed by atoms with Gasteiger partial charge in [0.15, 0.2) is 0 Å². The van der Waals surface area contributed by atoms with Crippen LogP contribution in [0.2, 0.25) is 6.32 Å². The van der Waals surface area contributed by atoms with Crippen LogP contribution in [-0.2, 0) is 14.2 Å². The number of amides is 2. The Morgan fingerprint density at radius 3 is 2.67 bits per heavy atom. The lowest BCUT2D eigenvalue weighted by Crippen LogP contribution is -2.46. The summed E-state index contributed by atoms with van der Waals surface area (Å²) in [6.45, 7) is 2.07. The molecule has 2 aliphatic heterocycles. The fraction of sp³-hybridized carbons (Fsp3) is 0.393. The van der Waals surface area contributed by atoms with Gasteiger partial charge in [0.1, 0.15) is 5.75 Å². The first kappa shape index (κ1) is 24.5. The lowest BCUT2D eigenvalue weighted by molar-refractivity contribution is -0.138. The van der Waals surface area contributed by atoms with E-state index in [2.05, 4.69) is 11.9 Å². The molecule has 3 aliphatic rings. The van der Waals surface area contributed by atoms with E-state index >= 15 is 0 Å². The Morgan fingerprint density at radius 2 is 1.94 bits per heavy atom. The summed E-state index contributed by atoms with van der Waals surface area (Å²) < 4.78 is 6.08. The van der Waals surface area contributed by atoms with Gasteiger partial charge in [0.25, 0.3) is 0 Å². The van der Waals surface area contributed by atoms with Crippen molar-refractivity contribution in [2.45, 2.75) is 45.0 Å². The van der Waals surface area contributed by atoms with Crippen LogP contribution in [0.4, 0.5) is 0 Å². The second-order valence-electron chi connectivity index (χ2n) is 9.89. The average Bonchev–Trinajstić information content (AvgIpc) is 3.11. The SMILES string of the molecule is CCC1=C2[C@@H](CC/C(=C/c3ccccc3O)c3ccccn3)OB(O)C[C@@H]2[C@@H]2C(=O)N(C)C(=O)[C@@H]2C1. The van der Waals surface area contributed by atoms with E-state index in [4.69, 9.17) is 4.65 Å². The topological polar surface area (TPSA) is 100.0 Å². The number of rotatable bonds is 6. The monoisotopic (exact) mass is 486 g/mol. The number of carbonyl (C=O) groups excluding carboxylic acids is 2. The van der Waals surface area contributed by atoms with Crippen LogP contribution in [0, 0.1) is 17.8 Å². The molecule has 8 heteroatoms. The number of allylic oxidation sites excluding steroid dienone is 2. The predicted molar refractivity (Wildman–Crippen MR) is 137 cm³/mol. The Labute approximate surface area is 211 Å². The molecule has 2 aromatic rings. The van der Waals surface area contributed by atoms with Crippen LogP contribution in [0.5, 0.6) is 5.75 Å². The van der Waals surface area contributed by atoms with Gasteiger partial charge in [-0.1, -0.05) is 36.8 Å². The summed E-state index contributed by atoms with van der Waals surface area (Å²) in [5, 5.41) is 21.0. The fourth-order valence-corrected chi connectivity index (χ4v) is 6.17.